The molecule has 1 heterocycles. The van der Waals surface area contributed by atoms with Crippen LogP contribution in [-0.2, 0) is 6.42 Å². The minimum atomic E-state index is 0.665. The van der Waals surface area contributed by atoms with Crippen molar-refractivity contribution in [2.75, 3.05) is 5.73 Å². The molecule has 0 radical (unpaired) electrons. The fraction of sp³-hybridized carbons (Fsp3) is 0.214. The molecule has 2 rings (SSSR count). The summed E-state index contributed by atoms with van der Waals surface area (Å²) in [5, 5.41) is 0.665. The average molecular weight is 247 g/mol. The molecule has 2 aromatic rings. The molecule has 0 spiro atoms. The molecule has 0 aliphatic heterocycles. The summed E-state index contributed by atoms with van der Waals surface area (Å²) in [6.07, 6.45) is 4.33. The maximum atomic E-state index is 6.15. The first-order valence-corrected chi connectivity index (χ1v) is 6.00. The van der Waals surface area contributed by atoms with Crippen LogP contribution in [0, 0.1) is 6.92 Å². The Kier molecular flexibility index (Phi) is 3.34. The molecule has 1 aromatic carbocycles. The minimum absolute atomic E-state index is 0.665. The Morgan fingerprint density at radius 1 is 1.35 bits per heavy atom. The van der Waals surface area contributed by atoms with Crippen LogP contribution in [0.5, 0.6) is 0 Å². The average Bonchev–Trinajstić information content (AvgIpc) is 2.33. The standard InChI is InChI=1S/C14H15ClN2/c1-3-10-7-11(6-9(2)14(10)16)12-4-5-17-8-13(12)15/h4-8H,3,16H2,1-2H3. The molecule has 0 bridgehead atoms. The Morgan fingerprint density at radius 3 is 2.76 bits per heavy atom. The molecule has 0 unspecified atom stereocenters. The zero-order valence-electron chi connectivity index (χ0n) is 10.00. The Morgan fingerprint density at radius 2 is 2.12 bits per heavy atom. The second-order valence-electron chi connectivity index (χ2n) is 4.08. The van der Waals surface area contributed by atoms with Gasteiger partial charge < -0.3 is 5.73 Å². The Labute approximate surface area is 106 Å². The molecule has 0 saturated heterocycles. The van der Waals surface area contributed by atoms with Gasteiger partial charge in [-0.1, -0.05) is 18.5 Å². The van der Waals surface area contributed by atoms with E-state index in [-0.39, 0.29) is 0 Å². The summed E-state index contributed by atoms with van der Waals surface area (Å²) < 4.78 is 0. The molecule has 1 aromatic heterocycles. The summed E-state index contributed by atoms with van der Waals surface area (Å²) in [5.41, 5.74) is 11.3. The molecule has 0 amide bonds. The Balaban J connectivity index is 2.61. The number of hydrogen-bond donors (Lipinski definition) is 1. The van der Waals surface area contributed by atoms with Gasteiger partial charge in [0.05, 0.1) is 5.02 Å². The van der Waals surface area contributed by atoms with Crippen LogP contribution in [0.2, 0.25) is 5.02 Å². The first kappa shape index (κ1) is 11.9. The topological polar surface area (TPSA) is 38.9 Å². The van der Waals surface area contributed by atoms with Gasteiger partial charge in [0.1, 0.15) is 0 Å². The highest BCUT2D eigenvalue weighted by Gasteiger charge is 2.08. The van der Waals surface area contributed by atoms with Gasteiger partial charge >= 0.3 is 0 Å². The first-order chi connectivity index (χ1) is 8.13. The van der Waals surface area contributed by atoms with Gasteiger partial charge in [-0.15, -0.1) is 0 Å². The number of nitrogens with zero attached hydrogens (tertiary/aromatic N) is 1. The number of benzene rings is 1. The molecule has 3 heteroatoms. The lowest BCUT2D eigenvalue weighted by Crippen LogP contribution is -1.97. The summed E-state index contributed by atoms with van der Waals surface area (Å²) in [4.78, 5) is 4.00. The van der Waals surface area contributed by atoms with Crippen molar-refractivity contribution in [2.45, 2.75) is 20.3 Å². The number of halogens is 1. The third-order valence-electron chi connectivity index (χ3n) is 2.94. The maximum Gasteiger partial charge on any atom is 0.0667 e. The van der Waals surface area contributed by atoms with Crippen molar-refractivity contribution in [1.29, 1.82) is 0 Å². The monoisotopic (exact) mass is 246 g/mol. The van der Waals surface area contributed by atoms with Crippen LogP contribution < -0.4 is 5.73 Å². The predicted molar refractivity (Wildman–Crippen MR) is 73.2 cm³/mol. The Bertz CT molecular complexity index is 550. The number of aromatic nitrogens is 1. The third kappa shape index (κ3) is 2.27. The van der Waals surface area contributed by atoms with Crippen LogP contribution in [0.25, 0.3) is 11.1 Å². The van der Waals surface area contributed by atoms with Crippen LogP contribution in [0.15, 0.2) is 30.6 Å². The van der Waals surface area contributed by atoms with Crippen molar-refractivity contribution >= 4 is 17.3 Å². The number of nitrogens with two attached hydrogens (primary N) is 1. The number of rotatable bonds is 2. The lowest BCUT2D eigenvalue weighted by Gasteiger charge is -2.11. The smallest absolute Gasteiger partial charge is 0.0667 e. The van der Waals surface area contributed by atoms with Crippen molar-refractivity contribution in [3.63, 3.8) is 0 Å². The molecule has 88 valence electrons. The molecule has 0 saturated carbocycles. The van der Waals surface area contributed by atoms with Gasteiger partial charge in [-0.25, -0.2) is 0 Å². The number of anilines is 1. The van der Waals surface area contributed by atoms with Crippen molar-refractivity contribution in [3.8, 4) is 11.1 Å². The van der Waals surface area contributed by atoms with Crippen molar-refractivity contribution in [2.24, 2.45) is 0 Å². The first-order valence-electron chi connectivity index (χ1n) is 5.62. The highest BCUT2D eigenvalue weighted by molar-refractivity contribution is 6.33. The second kappa shape index (κ2) is 4.76. The highest BCUT2D eigenvalue weighted by Crippen LogP contribution is 2.31. The zero-order chi connectivity index (χ0) is 12.4. The Hall–Kier alpha value is -1.54. The van der Waals surface area contributed by atoms with Crippen molar-refractivity contribution < 1.29 is 0 Å². The number of pyridine rings is 1. The lowest BCUT2D eigenvalue weighted by molar-refractivity contribution is 1.14. The van der Waals surface area contributed by atoms with E-state index in [1.165, 1.54) is 0 Å². The lowest BCUT2D eigenvalue weighted by atomic mass is 9.98. The molecule has 0 atom stereocenters. The number of aryl methyl sites for hydroxylation is 2. The van der Waals surface area contributed by atoms with E-state index in [4.69, 9.17) is 17.3 Å². The van der Waals surface area contributed by atoms with Crippen LogP contribution >= 0.6 is 11.6 Å². The predicted octanol–water partition coefficient (Wildman–Crippen LogP) is 3.86. The van der Waals surface area contributed by atoms with E-state index >= 15 is 0 Å². The van der Waals surface area contributed by atoms with Gasteiger partial charge in [0.25, 0.3) is 0 Å². The molecule has 0 aliphatic carbocycles. The third-order valence-corrected chi connectivity index (χ3v) is 3.24. The SMILES string of the molecule is CCc1cc(-c2ccncc2Cl)cc(C)c1N. The molecule has 0 aliphatic rings. The molecular weight excluding hydrogens is 232 g/mol. The van der Waals surface area contributed by atoms with Gasteiger partial charge in [-0.05, 0) is 48.2 Å². The highest BCUT2D eigenvalue weighted by atomic mass is 35.5. The minimum Gasteiger partial charge on any atom is -0.398 e. The summed E-state index contributed by atoms with van der Waals surface area (Å²) in [6.45, 7) is 4.12. The van der Waals surface area contributed by atoms with E-state index in [1.54, 1.807) is 12.4 Å². The molecule has 2 N–H and O–H groups in total. The molecule has 2 nitrogen and oxygen atoms in total. The molecular formula is C14H15ClN2. The fourth-order valence-corrected chi connectivity index (χ4v) is 2.16. The number of hydrogen-bond acceptors (Lipinski definition) is 2. The molecule has 0 fully saturated rings. The van der Waals surface area contributed by atoms with Gasteiger partial charge in [0.2, 0.25) is 0 Å². The summed E-state index contributed by atoms with van der Waals surface area (Å²) in [5.74, 6) is 0. The normalized spacial score (nSPS) is 10.5. The van der Waals surface area contributed by atoms with Gasteiger partial charge in [-0.2, -0.15) is 0 Å². The van der Waals surface area contributed by atoms with Crippen LogP contribution in [0.4, 0.5) is 5.69 Å². The van der Waals surface area contributed by atoms with Crippen molar-refractivity contribution in [1.82, 2.24) is 4.98 Å². The van der Waals surface area contributed by atoms with Crippen LogP contribution in [-0.4, -0.2) is 4.98 Å². The second-order valence-corrected chi connectivity index (χ2v) is 4.48. The van der Waals surface area contributed by atoms with E-state index in [2.05, 4.69) is 24.0 Å². The van der Waals surface area contributed by atoms with E-state index in [9.17, 15) is 0 Å². The van der Waals surface area contributed by atoms with Gasteiger partial charge in [0.15, 0.2) is 0 Å². The zero-order valence-corrected chi connectivity index (χ0v) is 10.8. The van der Waals surface area contributed by atoms with E-state index < -0.39 is 0 Å². The summed E-state index contributed by atoms with van der Waals surface area (Å²) in [7, 11) is 0. The molecule has 17 heavy (non-hydrogen) atoms. The fourth-order valence-electron chi connectivity index (χ4n) is 1.93. The number of nitrogen functional groups attached to an aromatic ring is 1. The van der Waals surface area contributed by atoms with Crippen molar-refractivity contribution in [3.05, 3.63) is 46.7 Å². The maximum absolute atomic E-state index is 6.15. The largest absolute Gasteiger partial charge is 0.398 e. The van der Waals surface area contributed by atoms with Crippen LogP contribution in [0.3, 0.4) is 0 Å². The van der Waals surface area contributed by atoms with E-state index in [0.29, 0.717) is 5.02 Å². The quantitative estimate of drug-likeness (QED) is 0.818. The van der Waals surface area contributed by atoms with E-state index in [0.717, 1.165) is 34.4 Å². The van der Waals surface area contributed by atoms with Gasteiger partial charge in [-0.3, -0.25) is 4.98 Å². The van der Waals surface area contributed by atoms with Gasteiger partial charge in [0, 0.05) is 23.6 Å². The summed E-state index contributed by atoms with van der Waals surface area (Å²) >= 11 is 6.15. The van der Waals surface area contributed by atoms with E-state index in [1.807, 2.05) is 13.0 Å². The summed E-state index contributed by atoms with van der Waals surface area (Å²) in [6, 6.07) is 6.09. The van der Waals surface area contributed by atoms with Crippen LogP contribution in [0.1, 0.15) is 18.1 Å².